The fourth-order valence-corrected chi connectivity index (χ4v) is 5.49. The van der Waals surface area contributed by atoms with E-state index in [0.717, 1.165) is 0 Å². The Kier molecular flexibility index (Phi) is 6.84. The van der Waals surface area contributed by atoms with Gasteiger partial charge in [-0.25, -0.2) is 17.9 Å². The number of carbonyl (C=O) groups excluding carboxylic acids is 1. The van der Waals surface area contributed by atoms with Gasteiger partial charge in [0.05, 0.1) is 23.6 Å². The Morgan fingerprint density at radius 3 is 2.67 bits per heavy atom. The molecule has 1 fully saturated rings. The molecule has 0 saturated carbocycles. The van der Waals surface area contributed by atoms with Crippen molar-refractivity contribution in [1.82, 2.24) is 19.9 Å². The number of alkyl halides is 3. The van der Waals surface area contributed by atoms with E-state index in [4.69, 9.17) is 9.47 Å². The van der Waals surface area contributed by atoms with Gasteiger partial charge in [0.2, 0.25) is 0 Å². The van der Waals surface area contributed by atoms with Crippen molar-refractivity contribution in [1.29, 1.82) is 0 Å². The number of carbonyl (C=O) groups is 1. The number of fused-ring (bicyclic) bond motifs is 1. The van der Waals surface area contributed by atoms with Crippen molar-refractivity contribution in [3.63, 3.8) is 0 Å². The minimum atomic E-state index is -4.54. The third kappa shape index (κ3) is 5.87. The van der Waals surface area contributed by atoms with Gasteiger partial charge in [0, 0.05) is 29.6 Å². The Morgan fingerprint density at radius 2 is 2.00 bits per heavy atom. The van der Waals surface area contributed by atoms with E-state index >= 15 is 0 Å². The summed E-state index contributed by atoms with van der Waals surface area (Å²) in [6.07, 6.45) is -1.26. The summed E-state index contributed by atoms with van der Waals surface area (Å²) < 4.78 is 72.9. The van der Waals surface area contributed by atoms with Crippen LogP contribution in [0.4, 0.5) is 13.2 Å². The summed E-state index contributed by atoms with van der Waals surface area (Å²) in [5.74, 6) is -0.901. The second kappa shape index (κ2) is 9.58. The fourth-order valence-electron chi connectivity index (χ4n) is 3.76. The Balaban J connectivity index is 1.57. The predicted octanol–water partition coefficient (Wildman–Crippen LogP) is 2.65. The number of nitrogens with zero attached hydrogens (tertiary/aromatic N) is 3. The van der Waals surface area contributed by atoms with E-state index < -0.39 is 40.7 Å². The smallest absolute Gasteiger partial charge is 0.422 e. The number of amides is 1. The molecule has 1 amide bonds. The molecule has 4 heterocycles. The molecule has 0 bridgehead atoms. The van der Waals surface area contributed by atoms with Gasteiger partial charge < -0.3 is 19.9 Å². The largest absolute Gasteiger partial charge is 0.478 e. The minimum absolute atomic E-state index is 0.0370. The normalized spacial score (nSPS) is 17.0. The molecule has 4 rings (SSSR count). The van der Waals surface area contributed by atoms with Gasteiger partial charge >= 0.3 is 6.18 Å². The van der Waals surface area contributed by atoms with Crippen LogP contribution in [0, 0.1) is 0 Å². The van der Waals surface area contributed by atoms with Gasteiger partial charge in [-0.1, -0.05) is 0 Å². The highest BCUT2D eigenvalue weighted by molar-refractivity contribution is 7.91. The quantitative estimate of drug-likeness (QED) is 0.479. The highest BCUT2D eigenvalue weighted by Gasteiger charge is 2.36. The van der Waals surface area contributed by atoms with Crippen LogP contribution in [0.25, 0.3) is 5.52 Å². The fraction of sp³-hybridized carbons (Fsp3) is 0.409. The third-order valence-corrected chi connectivity index (χ3v) is 7.42. The second-order valence-corrected chi connectivity index (χ2v) is 11.0. The molecule has 3 aromatic rings. The SMILES string of the molecule is CC1(NC(=O)c2nn3ccc(Oc4ncccc4OCC(F)(F)F)cc3c2CO)CCS(=O)(=O)CC1. The number of pyridine rings is 2. The second-order valence-electron chi connectivity index (χ2n) is 8.66. The minimum Gasteiger partial charge on any atom is -0.478 e. The molecule has 36 heavy (non-hydrogen) atoms. The van der Waals surface area contributed by atoms with Crippen molar-refractivity contribution in [2.75, 3.05) is 18.1 Å². The zero-order chi connectivity index (χ0) is 26.1. The van der Waals surface area contributed by atoms with Crippen LogP contribution in [0.1, 0.15) is 35.8 Å². The molecule has 0 aliphatic carbocycles. The molecular formula is C22H23F3N4O6S. The van der Waals surface area contributed by atoms with Gasteiger partial charge in [0.15, 0.2) is 18.1 Å². The van der Waals surface area contributed by atoms with E-state index in [-0.39, 0.29) is 53.0 Å². The first-order valence-electron chi connectivity index (χ1n) is 10.9. The zero-order valence-corrected chi connectivity index (χ0v) is 19.9. The average Bonchev–Trinajstić information content (AvgIpc) is 3.18. The summed E-state index contributed by atoms with van der Waals surface area (Å²) in [6.45, 7) is -0.301. The number of aliphatic hydroxyl groups excluding tert-OH is 1. The molecule has 194 valence electrons. The molecule has 1 saturated heterocycles. The monoisotopic (exact) mass is 528 g/mol. The van der Waals surface area contributed by atoms with Gasteiger partial charge in [-0.05, 0) is 38.0 Å². The maximum absolute atomic E-state index is 13.0. The van der Waals surface area contributed by atoms with Gasteiger partial charge in [-0.15, -0.1) is 0 Å². The Labute approximate surface area is 204 Å². The number of rotatable bonds is 7. The lowest BCUT2D eigenvalue weighted by molar-refractivity contribution is -0.153. The molecule has 1 aliphatic rings. The Hall–Kier alpha value is -3.39. The van der Waals surface area contributed by atoms with Crippen LogP contribution in [0.2, 0.25) is 0 Å². The number of aromatic nitrogens is 3. The highest BCUT2D eigenvalue weighted by atomic mass is 32.2. The van der Waals surface area contributed by atoms with Crippen LogP contribution in [0.5, 0.6) is 17.4 Å². The maximum Gasteiger partial charge on any atom is 0.422 e. The summed E-state index contributed by atoms with van der Waals surface area (Å²) in [6, 6.07) is 5.59. The van der Waals surface area contributed by atoms with Crippen LogP contribution in [-0.4, -0.2) is 63.9 Å². The number of halogens is 3. The van der Waals surface area contributed by atoms with Gasteiger partial charge in [-0.3, -0.25) is 4.79 Å². The standard InChI is InChI=1S/C22H23F3N4O6S/c1-21(5-9-36(32,33)10-6-21)27-19(31)18-15(12-30)16-11-14(4-8-29(16)28-18)35-20-17(3-2-7-26-20)34-13-22(23,24)25/h2-4,7-8,11,30H,5-6,9-10,12-13H2,1H3,(H,27,31). The van der Waals surface area contributed by atoms with Crippen LogP contribution < -0.4 is 14.8 Å². The van der Waals surface area contributed by atoms with E-state index in [0.29, 0.717) is 5.52 Å². The summed E-state index contributed by atoms with van der Waals surface area (Å²) in [7, 11) is -3.13. The van der Waals surface area contributed by atoms with Crippen molar-refractivity contribution >= 4 is 21.3 Å². The zero-order valence-electron chi connectivity index (χ0n) is 19.1. The number of hydrogen-bond donors (Lipinski definition) is 2. The first-order valence-corrected chi connectivity index (χ1v) is 12.7. The van der Waals surface area contributed by atoms with E-state index in [2.05, 4.69) is 15.4 Å². The van der Waals surface area contributed by atoms with Gasteiger partial charge in [-0.2, -0.15) is 18.3 Å². The van der Waals surface area contributed by atoms with Gasteiger partial charge in [0.25, 0.3) is 11.8 Å². The molecule has 0 aromatic carbocycles. The molecule has 2 N–H and O–H groups in total. The first-order chi connectivity index (χ1) is 16.9. The summed E-state index contributed by atoms with van der Waals surface area (Å²) >= 11 is 0. The molecule has 1 aliphatic heterocycles. The van der Waals surface area contributed by atoms with Crippen molar-refractivity contribution in [2.24, 2.45) is 0 Å². The average molecular weight is 529 g/mol. The number of nitrogens with one attached hydrogen (secondary N) is 1. The van der Waals surface area contributed by atoms with Crippen LogP contribution in [-0.2, 0) is 16.4 Å². The van der Waals surface area contributed by atoms with Crippen LogP contribution in [0.3, 0.4) is 0 Å². The summed E-state index contributed by atoms with van der Waals surface area (Å²) in [5.41, 5.74) is -0.272. The lowest BCUT2D eigenvalue weighted by Gasteiger charge is -2.34. The van der Waals surface area contributed by atoms with E-state index in [1.54, 1.807) is 6.92 Å². The van der Waals surface area contributed by atoms with E-state index in [1.807, 2.05) is 0 Å². The van der Waals surface area contributed by atoms with Gasteiger partial charge in [0.1, 0.15) is 15.6 Å². The molecule has 0 unspecified atom stereocenters. The molecule has 3 aromatic heterocycles. The van der Waals surface area contributed by atoms with Crippen LogP contribution >= 0.6 is 0 Å². The number of aliphatic hydroxyl groups is 1. The number of ether oxygens (including phenoxy) is 2. The first kappa shape index (κ1) is 25.7. The molecule has 0 radical (unpaired) electrons. The lowest BCUT2D eigenvalue weighted by Crippen LogP contribution is -2.51. The number of sulfone groups is 1. The third-order valence-electron chi connectivity index (χ3n) is 5.77. The summed E-state index contributed by atoms with van der Waals surface area (Å²) in [4.78, 5) is 16.9. The predicted molar refractivity (Wildman–Crippen MR) is 121 cm³/mol. The number of hydrogen-bond acceptors (Lipinski definition) is 8. The van der Waals surface area contributed by atoms with Crippen molar-refractivity contribution in [3.05, 3.63) is 47.9 Å². The highest BCUT2D eigenvalue weighted by Crippen LogP contribution is 2.32. The molecule has 14 heteroatoms. The lowest BCUT2D eigenvalue weighted by atomic mass is 9.94. The van der Waals surface area contributed by atoms with Crippen molar-refractivity contribution in [3.8, 4) is 17.4 Å². The summed E-state index contributed by atoms with van der Waals surface area (Å²) in [5, 5.41) is 17.0. The van der Waals surface area contributed by atoms with E-state index in [1.165, 1.54) is 41.2 Å². The van der Waals surface area contributed by atoms with Crippen molar-refractivity contribution in [2.45, 2.75) is 38.1 Å². The maximum atomic E-state index is 13.0. The Bertz CT molecular complexity index is 1380. The topological polar surface area (TPSA) is 132 Å². The van der Waals surface area contributed by atoms with E-state index in [9.17, 15) is 31.5 Å². The molecular weight excluding hydrogens is 505 g/mol. The van der Waals surface area contributed by atoms with Crippen LogP contribution in [0.15, 0.2) is 36.7 Å². The molecule has 10 nitrogen and oxygen atoms in total. The molecule has 0 spiro atoms. The molecule has 0 atom stereocenters. The Morgan fingerprint density at radius 1 is 1.28 bits per heavy atom. The van der Waals surface area contributed by atoms with Crippen molar-refractivity contribution < 1.29 is 41.0 Å².